The number of rotatable bonds is 5. The minimum Gasteiger partial charge on any atom is -0.486 e. The molecular weight excluding hydrogens is 422 g/mol. The van der Waals surface area contributed by atoms with Gasteiger partial charge >= 0.3 is 0 Å². The molecule has 2 aromatic rings. The number of hydrogen-bond donors (Lipinski definition) is 0. The van der Waals surface area contributed by atoms with Crippen LogP contribution in [-0.4, -0.2) is 72.3 Å². The van der Waals surface area contributed by atoms with Crippen molar-refractivity contribution >= 4 is 21.4 Å². The molecule has 0 N–H and O–H groups in total. The largest absolute Gasteiger partial charge is 0.486 e. The minimum absolute atomic E-state index is 0.0223. The summed E-state index contributed by atoms with van der Waals surface area (Å²) in [6, 6.07) is 1.56. The van der Waals surface area contributed by atoms with Gasteiger partial charge in [-0.1, -0.05) is 0 Å². The Labute approximate surface area is 181 Å². The van der Waals surface area contributed by atoms with E-state index in [0.717, 1.165) is 6.26 Å². The fraction of sp³-hybridized carbons (Fsp3) is 0.550. The van der Waals surface area contributed by atoms with E-state index in [9.17, 15) is 13.2 Å². The first kappa shape index (κ1) is 21.6. The van der Waals surface area contributed by atoms with Crippen LogP contribution in [0.1, 0.15) is 42.9 Å². The summed E-state index contributed by atoms with van der Waals surface area (Å²) < 4.78 is 35.4. The average molecular weight is 448 g/mol. The van der Waals surface area contributed by atoms with Crippen molar-refractivity contribution in [3.8, 4) is 5.75 Å². The van der Waals surface area contributed by atoms with Crippen molar-refractivity contribution in [2.45, 2.75) is 44.0 Å². The zero-order valence-corrected chi connectivity index (χ0v) is 18.7. The van der Waals surface area contributed by atoms with Gasteiger partial charge in [-0.05, 0) is 26.8 Å². The quantitative estimate of drug-likeness (QED) is 0.612. The Balaban J connectivity index is 1.86. The van der Waals surface area contributed by atoms with Gasteiger partial charge in [-0.15, -0.1) is 0 Å². The lowest BCUT2D eigenvalue weighted by Gasteiger charge is -2.45. The van der Waals surface area contributed by atoms with E-state index in [0.29, 0.717) is 37.2 Å². The Morgan fingerprint density at radius 2 is 1.90 bits per heavy atom. The first-order valence-corrected chi connectivity index (χ1v) is 11.9. The Kier molecular flexibility index (Phi) is 5.42. The molecule has 4 heterocycles. The number of carbonyl (C=O) groups is 1. The second-order valence-electron chi connectivity index (χ2n) is 8.35. The van der Waals surface area contributed by atoms with Crippen LogP contribution in [0, 0.1) is 0 Å². The Morgan fingerprint density at radius 3 is 2.58 bits per heavy atom. The summed E-state index contributed by atoms with van der Waals surface area (Å²) in [6.07, 6.45) is 4.15. The van der Waals surface area contributed by atoms with Gasteiger partial charge in [-0.2, -0.15) is 0 Å². The van der Waals surface area contributed by atoms with Crippen molar-refractivity contribution in [2.75, 3.05) is 31.0 Å². The summed E-state index contributed by atoms with van der Waals surface area (Å²) in [6.45, 7) is 6.36. The van der Waals surface area contributed by atoms with Gasteiger partial charge in [0.15, 0.2) is 27.2 Å². The molecule has 0 aliphatic carbocycles. The Morgan fingerprint density at radius 1 is 1.19 bits per heavy atom. The molecule has 4 rings (SSSR count). The first-order chi connectivity index (χ1) is 14.6. The maximum absolute atomic E-state index is 13.0. The molecule has 2 aliphatic heterocycles. The summed E-state index contributed by atoms with van der Waals surface area (Å²) >= 11 is 0. The first-order valence-electron chi connectivity index (χ1n) is 9.99. The van der Waals surface area contributed by atoms with Crippen LogP contribution in [0.5, 0.6) is 5.75 Å². The van der Waals surface area contributed by atoms with Gasteiger partial charge < -0.3 is 14.4 Å². The van der Waals surface area contributed by atoms with Crippen molar-refractivity contribution in [2.24, 2.45) is 0 Å². The number of carbonyl (C=O) groups excluding carboxylic acids is 1. The molecule has 1 saturated heterocycles. The zero-order chi connectivity index (χ0) is 22.4. The number of nitrogens with zero attached hydrogens (tertiary/aromatic N) is 5. The number of hydrogen-bond acceptors (Lipinski definition) is 10. The SMILES string of the molecule is C[C@@H]1COC[C@H]2COc3c(nc(C(=O)Cc4ncccn4)nc3C(C)(C)S(C)(=O)=O)N21. The molecule has 0 radical (unpaired) electrons. The fourth-order valence-electron chi connectivity index (χ4n) is 3.68. The van der Waals surface area contributed by atoms with Gasteiger partial charge in [-0.3, -0.25) is 4.79 Å². The number of fused-ring (bicyclic) bond motifs is 3. The zero-order valence-electron chi connectivity index (χ0n) is 17.9. The highest BCUT2D eigenvalue weighted by Gasteiger charge is 2.44. The Hall–Kier alpha value is -2.66. The summed E-state index contributed by atoms with van der Waals surface area (Å²) in [5, 5.41) is 0. The van der Waals surface area contributed by atoms with Crippen molar-refractivity contribution in [3.05, 3.63) is 35.8 Å². The molecule has 0 aromatic carbocycles. The highest BCUT2D eigenvalue weighted by atomic mass is 32.2. The van der Waals surface area contributed by atoms with Gasteiger partial charge in [0.25, 0.3) is 0 Å². The number of aromatic nitrogens is 4. The van der Waals surface area contributed by atoms with E-state index in [2.05, 4.69) is 19.9 Å². The third kappa shape index (κ3) is 3.87. The third-order valence-corrected chi connectivity index (χ3v) is 7.78. The van der Waals surface area contributed by atoms with Crippen LogP contribution < -0.4 is 9.64 Å². The maximum atomic E-state index is 13.0. The van der Waals surface area contributed by atoms with Crippen LogP contribution in [0.3, 0.4) is 0 Å². The van der Waals surface area contributed by atoms with E-state index in [1.165, 1.54) is 0 Å². The monoisotopic (exact) mass is 447 g/mol. The highest BCUT2D eigenvalue weighted by Crippen LogP contribution is 2.43. The number of anilines is 1. The Bertz CT molecular complexity index is 1110. The number of sulfone groups is 1. The van der Waals surface area contributed by atoms with Crippen molar-refractivity contribution in [3.63, 3.8) is 0 Å². The van der Waals surface area contributed by atoms with Crippen molar-refractivity contribution in [1.29, 1.82) is 0 Å². The summed E-state index contributed by atoms with van der Waals surface area (Å²) in [5.41, 5.74) is 0.175. The van der Waals surface area contributed by atoms with Crippen LogP contribution in [0.4, 0.5) is 5.82 Å². The minimum atomic E-state index is -3.58. The summed E-state index contributed by atoms with van der Waals surface area (Å²) in [5.74, 6) is 0.578. The number of morpholine rings is 1. The lowest BCUT2D eigenvalue weighted by atomic mass is 10.0. The fourth-order valence-corrected chi connectivity index (χ4v) is 4.17. The molecule has 31 heavy (non-hydrogen) atoms. The number of ether oxygens (including phenoxy) is 2. The van der Waals surface area contributed by atoms with Gasteiger partial charge in [0.05, 0.1) is 31.7 Å². The van der Waals surface area contributed by atoms with Crippen LogP contribution in [0.15, 0.2) is 18.5 Å². The predicted molar refractivity (Wildman–Crippen MR) is 112 cm³/mol. The van der Waals surface area contributed by atoms with Crippen LogP contribution in [-0.2, 0) is 25.7 Å². The number of Topliss-reactive ketones (excluding diaryl/α,β-unsaturated/α-hetero) is 1. The second-order valence-corrected chi connectivity index (χ2v) is 10.9. The van der Waals surface area contributed by atoms with E-state index in [1.807, 2.05) is 11.8 Å². The van der Waals surface area contributed by atoms with Crippen LogP contribution in [0.2, 0.25) is 0 Å². The molecule has 1 fully saturated rings. The maximum Gasteiger partial charge on any atom is 0.207 e. The lowest BCUT2D eigenvalue weighted by molar-refractivity contribution is 0.0481. The normalized spacial score (nSPS) is 21.1. The average Bonchev–Trinajstić information content (AvgIpc) is 2.72. The van der Waals surface area contributed by atoms with E-state index >= 15 is 0 Å². The molecular formula is C20H25N5O5S. The van der Waals surface area contributed by atoms with Crippen LogP contribution >= 0.6 is 0 Å². The molecule has 0 saturated carbocycles. The van der Waals surface area contributed by atoms with E-state index in [1.54, 1.807) is 32.3 Å². The van der Waals surface area contributed by atoms with E-state index in [4.69, 9.17) is 9.47 Å². The molecule has 11 heteroatoms. The highest BCUT2D eigenvalue weighted by molar-refractivity contribution is 7.91. The second kappa shape index (κ2) is 7.79. The molecule has 2 aliphatic rings. The van der Waals surface area contributed by atoms with Gasteiger partial charge in [0.1, 0.15) is 22.9 Å². The molecule has 0 unspecified atom stereocenters. The summed E-state index contributed by atoms with van der Waals surface area (Å²) in [7, 11) is -3.58. The van der Waals surface area contributed by atoms with E-state index in [-0.39, 0.29) is 30.0 Å². The van der Waals surface area contributed by atoms with Crippen LogP contribution in [0.25, 0.3) is 0 Å². The topological polar surface area (TPSA) is 124 Å². The molecule has 2 atom stereocenters. The molecule has 0 amide bonds. The molecule has 166 valence electrons. The smallest absolute Gasteiger partial charge is 0.207 e. The summed E-state index contributed by atoms with van der Waals surface area (Å²) in [4.78, 5) is 32.2. The molecule has 0 bridgehead atoms. The van der Waals surface area contributed by atoms with Crippen molar-refractivity contribution < 1.29 is 22.7 Å². The van der Waals surface area contributed by atoms with Gasteiger partial charge in [-0.25, -0.2) is 28.4 Å². The van der Waals surface area contributed by atoms with Gasteiger partial charge in [0, 0.05) is 18.6 Å². The lowest BCUT2D eigenvalue weighted by Crippen LogP contribution is -2.56. The van der Waals surface area contributed by atoms with Gasteiger partial charge in [0.2, 0.25) is 5.78 Å². The number of ketones is 1. The molecule has 2 aromatic heterocycles. The third-order valence-electron chi connectivity index (χ3n) is 5.73. The standard InChI is InChI=1S/C20H25N5O5S/c1-12-9-29-10-13-11-30-16-17(20(2,3)31(4,27)28)23-18(24-19(16)25(12)13)14(26)8-15-21-6-5-7-22-15/h5-7,12-13H,8-11H2,1-4H3/t12-,13+/m1/s1. The molecule has 0 spiro atoms. The van der Waals surface area contributed by atoms with Crippen molar-refractivity contribution in [1.82, 2.24) is 19.9 Å². The molecule has 10 nitrogen and oxygen atoms in total. The van der Waals surface area contributed by atoms with E-state index < -0.39 is 20.4 Å². The predicted octanol–water partition coefficient (Wildman–Crippen LogP) is 0.958.